The molecule has 26 heavy (non-hydrogen) atoms. The molecule has 8 heteroatoms. The van der Waals surface area contributed by atoms with Gasteiger partial charge in [0.05, 0.1) is 11.4 Å². The molecule has 3 rings (SSSR count). The number of guanidine groups is 1. The van der Waals surface area contributed by atoms with E-state index in [1.54, 1.807) is 28.9 Å². The monoisotopic (exact) mass is 502 g/mol. The molecule has 140 valence electrons. The average molecular weight is 502 g/mol. The number of aliphatic imine (C=N–C) groups is 1. The summed E-state index contributed by atoms with van der Waals surface area (Å²) in [5.74, 6) is 1.90. The molecule has 0 spiro atoms. The van der Waals surface area contributed by atoms with Crippen molar-refractivity contribution in [3.8, 4) is 10.8 Å². The molecule has 5 nitrogen and oxygen atoms in total. The van der Waals surface area contributed by atoms with E-state index in [1.165, 1.54) is 4.88 Å². The normalized spacial score (nSPS) is 12.5. The number of halogens is 1. The molecule has 0 saturated carbocycles. The quantitative estimate of drug-likeness (QED) is 0.273. The Morgan fingerprint density at radius 1 is 1.23 bits per heavy atom. The highest BCUT2D eigenvalue weighted by Crippen LogP contribution is 2.23. The van der Waals surface area contributed by atoms with E-state index in [1.807, 2.05) is 17.5 Å². The molecule has 0 saturated heterocycles. The predicted molar refractivity (Wildman–Crippen MR) is 121 cm³/mol. The molecule has 0 fully saturated rings. The Kier molecular flexibility index (Phi) is 8.60. The molecule has 0 radical (unpaired) electrons. The lowest BCUT2D eigenvalue weighted by molar-refractivity contribution is 0.574. The van der Waals surface area contributed by atoms with Gasteiger partial charge >= 0.3 is 0 Å². The Morgan fingerprint density at radius 3 is 2.73 bits per heavy atom. The molecule has 0 aromatic carbocycles. The molecule has 1 unspecified atom stereocenters. The third kappa shape index (κ3) is 5.82. The van der Waals surface area contributed by atoms with Gasteiger partial charge in [0.1, 0.15) is 12.0 Å². The highest BCUT2D eigenvalue weighted by molar-refractivity contribution is 14.0. The molecule has 3 heterocycles. The van der Waals surface area contributed by atoms with Gasteiger partial charge in [0.2, 0.25) is 5.89 Å². The fraction of sp³-hybridized carbons (Fsp3) is 0.333. The van der Waals surface area contributed by atoms with Gasteiger partial charge in [-0.1, -0.05) is 19.1 Å². The van der Waals surface area contributed by atoms with E-state index < -0.39 is 0 Å². The molecule has 3 aromatic heterocycles. The fourth-order valence-electron chi connectivity index (χ4n) is 2.32. The second-order valence-electron chi connectivity index (χ2n) is 5.61. The van der Waals surface area contributed by atoms with E-state index in [4.69, 9.17) is 4.42 Å². The van der Waals surface area contributed by atoms with Gasteiger partial charge in [0.15, 0.2) is 5.96 Å². The molecule has 1 atom stereocenters. The van der Waals surface area contributed by atoms with E-state index in [0.717, 1.165) is 29.6 Å². The van der Waals surface area contributed by atoms with Crippen molar-refractivity contribution < 1.29 is 4.42 Å². The molecular formula is C18H23IN4OS2. The largest absolute Gasteiger partial charge is 0.443 e. The molecule has 2 N–H and O–H groups in total. The first-order chi connectivity index (χ1) is 12.3. The first-order valence-corrected chi connectivity index (χ1v) is 10.1. The van der Waals surface area contributed by atoms with Crippen LogP contribution in [-0.2, 0) is 6.54 Å². The maximum absolute atomic E-state index is 5.54. The zero-order chi connectivity index (χ0) is 17.5. The fourth-order valence-corrected chi connectivity index (χ4v) is 3.76. The van der Waals surface area contributed by atoms with Gasteiger partial charge in [-0.05, 0) is 29.8 Å². The number of rotatable bonds is 7. The SMILES string of the molecule is CCNC(=NCc1coc(-c2cccs2)n1)NCC(C)c1cccs1.I. The van der Waals surface area contributed by atoms with E-state index in [0.29, 0.717) is 18.4 Å². The van der Waals surface area contributed by atoms with Crippen LogP contribution in [0.5, 0.6) is 0 Å². The number of nitrogens with zero attached hydrogens (tertiary/aromatic N) is 2. The average Bonchev–Trinajstić information content (AvgIpc) is 3.38. The number of hydrogen-bond acceptors (Lipinski definition) is 5. The van der Waals surface area contributed by atoms with E-state index >= 15 is 0 Å². The lowest BCUT2D eigenvalue weighted by Crippen LogP contribution is -2.39. The first kappa shape index (κ1) is 20.9. The number of oxazole rings is 1. The summed E-state index contributed by atoms with van der Waals surface area (Å²) in [6.45, 7) is 6.42. The van der Waals surface area contributed by atoms with Crippen molar-refractivity contribution in [1.29, 1.82) is 0 Å². The third-order valence-corrected chi connectivity index (χ3v) is 5.59. The van der Waals surface area contributed by atoms with Crippen molar-refractivity contribution in [3.63, 3.8) is 0 Å². The van der Waals surface area contributed by atoms with Gasteiger partial charge in [-0.15, -0.1) is 46.7 Å². The number of thiophene rings is 2. The van der Waals surface area contributed by atoms with Crippen LogP contribution in [0, 0.1) is 0 Å². The zero-order valence-corrected chi connectivity index (χ0v) is 18.7. The summed E-state index contributed by atoms with van der Waals surface area (Å²) < 4.78 is 5.54. The van der Waals surface area contributed by atoms with Crippen molar-refractivity contribution in [2.45, 2.75) is 26.3 Å². The summed E-state index contributed by atoms with van der Waals surface area (Å²) in [7, 11) is 0. The van der Waals surface area contributed by atoms with Crippen LogP contribution in [0.3, 0.4) is 0 Å². The second kappa shape index (κ2) is 10.7. The Bertz CT molecular complexity index is 784. The summed E-state index contributed by atoms with van der Waals surface area (Å²) >= 11 is 3.40. The first-order valence-electron chi connectivity index (χ1n) is 8.30. The minimum absolute atomic E-state index is 0. The van der Waals surface area contributed by atoms with Crippen LogP contribution >= 0.6 is 46.7 Å². The van der Waals surface area contributed by atoms with E-state index in [-0.39, 0.29) is 24.0 Å². The smallest absolute Gasteiger partial charge is 0.236 e. The number of nitrogens with one attached hydrogen (secondary N) is 2. The number of aromatic nitrogens is 1. The van der Waals surface area contributed by atoms with Crippen LogP contribution in [0.1, 0.15) is 30.3 Å². The van der Waals surface area contributed by atoms with Crippen molar-refractivity contribution in [3.05, 3.63) is 51.9 Å². The molecule has 0 aliphatic heterocycles. The summed E-state index contributed by atoms with van der Waals surface area (Å²) in [4.78, 5) is 11.5. The second-order valence-corrected chi connectivity index (χ2v) is 7.54. The lowest BCUT2D eigenvalue weighted by atomic mass is 10.1. The van der Waals surface area contributed by atoms with Crippen molar-refractivity contribution in [2.75, 3.05) is 13.1 Å². The molecule has 0 bridgehead atoms. The summed E-state index contributed by atoms with van der Waals surface area (Å²) in [5, 5.41) is 10.8. The Hall–Kier alpha value is -1.39. The Balaban J connectivity index is 0.00000243. The van der Waals surface area contributed by atoms with Gasteiger partial charge in [0.25, 0.3) is 0 Å². The van der Waals surface area contributed by atoms with Crippen LogP contribution in [0.15, 0.2) is 50.7 Å². The van der Waals surface area contributed by atoms with Gasteiger partial charge < -0.3 is 15.1 Å². The van der Waals surface area contributed by atoms with Crippen LogP contribution in [0.25, 0.3) is 10.8 Å². The lowest BCUT2D eigenvalue weighted by Gasteiger charge is -2.14. The summed E-state index contributed by atoms with van der Waals surface area (Å²) in [6.07, 6.45) is 1.68. The Labute approximate surface area is 179 Å². The summed E-state index contributed by atoms with van der Waals surface area (Å²) in [5.41, 5.74) is 0.826. The zero-order valence-electron chi connectivity index (χ0n) is 14.8. The maximum atomic E-state index is 5.54. The highest BCUT2D eigenvalue weighted by Gasteiger charge is 2.09. The van der Waals surface area contributed by atoms with Gasteiger partial charge in [-0.25, -0.2) is 9.98 Å². The van der Waals surface area contributed by atoms with Crippen molar-refractivity contribution >= 4 is 52.6 Å². The van der Waals surface area contributed by atoms with Crippen molar-refractivity contribution in [1.82, 2.24) is 15.6 Å². The van der Waals surface area contributed by atoms with Crippen LogP contribution in [-0.4, -0.2) is 24.0 Å². The Morgan fingerprint density at radius 2 is 2.04 bits per heavy atom. The third-order valence-electron chi connectivity index (χ3n) is 3.63. The minimum atomic E-state index is 0. The van der Waals surface area contributed by atoms with Gasteiger partial charge in [-0.2, -0.15) is 0 Å². The minimum Gasteiger partial charge on any atom is -0.443 e. The maximum Gasteiger partial charge on any atom is 0.236 e. The topological polar surface area (TPSA) is 62.5 Å². The van der Waals surface area contributed by atoms with Crippen LogP contribution in [0.2, 0.25) is 0 Å². The molecule has 3 aromatic rings. The predicted octanol–water partition coefficient (Wildman–Crippen LogP) is 4.94. The molecule has 0 aliphatic rings. The van der Waals surface area contributed by atoms with Gasteiger partial charge in [-0.3, -0.25) is 0 Å². The van der Waals surface area contributed by atoms with Gasteiger partial charge in [0, 0.05) is 23.9 Å². The highest BCUT2D eigenvalue weighted by atomic mass is 127. The summed E-state index contributed by atoms with van der Waals surface area (Å²) in [6, 6.07) is 8.25. The van der Waals surface area contributed by atoms with E-state index in [2.05, 4.69) is 52.0 Å². The van der Waals surface area contributed by atoms with Crippen molar-refractivity contribution in [2.24, 2.45) is 4.99 Å². The van der Waals surface area contributed by atoms with Crippen LogP contribution < -0.4 is 10.6 Å². The van der Waals surface area contributed by atoms with E-state index in [9.17, 15) is 0 Å². The number of hydrogen-bond donors (Lipinski definition) is 2. The molecule has 0 amide bonds. The molecule has 0 aliphatic carbocycles. The standard InChI is InChI=1S/C18H22N4OS2.HI/c1-3-19-18(20-10-13(2)15-6-4-8-24-15)21-11-14-12-23-17(22-14)16-7-5-9-25-16;/h4-9,12-13H,3,10-11H2,1-2H3,(H2,19,20,21);1H. The van der Waals surface area contributed by atoms with Crippen LogP contribution in [0.4, 0.5) is 0 Å². The molecular weight excluding hydrogens is 479 g/mol.